The van der Waals surface area contributed by atoms with E-state index in [1.165, 1.54) is 0 Å². The van der Waals surface area contributed by atoms with Crippen LogP contribution in [0.1, 0.15) is 68.5 Å². The normalized spacial score (nSPS) is 10.4. The van der Waals surface area contributed by atoms with Gasteiger partial charge in [-0.15, -0.1) is 0 Å². The maximum atomic E-state index is 11.5. The van der Waals surface area contributed by atoms with Crippen LogP contribution in [0.3, 0.4) is 0 Å². The molecule has 0 aliphatic rings. The highest BCUT2D eigenvalue weighted by Gasteiger charge is 2.31. The topological polar surface area (TPSA) is 112 Å². The molecule has 0 spiro atoms. The molecule has 0 aromatic heterocycles. The van der Waals surface area contributed by atoms with Gasteiger partial charge in [0.1, 0.15) is 0 Å². The van der Waals surface area contributed by atoms with Gasteiger partial charge in [-0.05, 0) is 36.0 Å². The standard InChI is InChI=1S/C15H18O6/c1-4-7-8(5-2)10(13(16)17)12(15(20)21)11(14(18)19)9(7)6-3/h4-6H2,1-3H3,(H,16,17)(H,18,19)(H,20,21). The summed E-state index contributed by atoms with van der Waals surface area (Å²) in [5, 5.41) is 28.0. The summed E-state index contributed by atoms with van der Waals surface area (Å²) in [7, 11) is 0. The molecule has 0 atom stereocenters. The van der Waals surface area contributed by atoms with Crippen molar-refractivity contribution in [3.8, 4) is 0 Å². The van der Waals surface area contributed by atoms with E-state index in [-0.39, 0.29) is 0 Å². The molecule has 3 N–H and O–H groups in total. The number of carboxylic acids is 3. The average Bonchev–Trinajstić information content (AvgIpc) is 2.42. The minimum absolute atomic E-state index is 0.331. The van der Waals surface area contributed by atoms with Gasteiger partial charge in [0.15, 0.2) is 0 Å². The van der Waals surface area contributed by atoms with Crippen LogP contribution >= 0.6 is 0 Å². The average molecular weight is 294 g/mol. The number of benzene rings is 1. The van der Waals surface area contributed by atoms with E-state index < -0.39 is 34.6 Å². The van der Waals surface area contributed by atoms with E-state index in [0.717, 1.165) is 0 Å². The summed E-state index contributed by atoms with van der Waals surface area (Å²) in [4.78, 5) is 34.4. The van der Waals surface area contributed by atoms with Crippen LogP contribution in [-0.4, -0.2) is 33.2 Å². The molecule has 21 heavy (non-hydrogen) atoms. The number of hydrogen-bond donors (Lipinski definition) is 3. The van der Waals surface area contributed by atoms with E-state index in [1.54, 1.807) is 20.8 Å². The van der Waals surface area contributed by atoms with Gasteiger partial charge in [0, 0.05) is 0 Å². The summed E-state index contributed by atoms with van der Waals surface area (Å²) in [5.74, 6) is -4.36. The van der Waals surface area contributed by atoms with Crippen LogP contribution in [-0.2, 0) is 19.3 Å². The van der Waals surface area contributed by atoms with Crippen molar-refractivity contribution >= 4 is 17.9 Å². The smallest absolute Gasteiger partial charge is 0.337 e. The molecule has 114 valence electrons. The molecule has 0 unspecified atom stereocenters. The van der Waals surface area contributed by atoms with Crippen LogP contribution in [0.25, 0.3) is 0 Å². The summed E-state index contributed by atoms with van der Waals surface area (Å²) in [5.41, 5.74) is 0.00194. The lowest BCUT2D eigenvalue weighted by atomic mass is 9.83. The van der Waals surface area contributed by atoms with Gasteiger partial charge in [0.05, 0.1) is 16.7 Å². The zero-order valence-corrected chi connectivity index (χ0v) is 12.2. The number of hydrogen-bond acceptors (Lipinski definition) is 3. The lowest BCUT2D eigenvalue weighted by Gasteiger charge is -2.20. The molecule has 0 heterocycles. The number of carboxylic acid groups (broad SMARTS) is 3. The third-order valence-corrected chi connectivity index (χ3v) is 3.53. The van der Waals surface area contributed by atoms with Gasteiger partial charge in [-0.3, -0.25) is 0 Å². The number of aromatic carboxylic acids is 3. The van der Waals surface area contributed by atoms with Crippen LogP contribution in [0.5, 0.6) is 0 Å². The fourth-order valence-electron chi connectivity index (χ4n) is 2.80. The van der Waals surface area contributed by atoms with Crippen molar-refractivity contribution in [2.45, 2.75) is 40.0 Å². The van der Waals surface area contributed by atoms with Crippen molar-refractivity contribution in [3.63, 3.8) is 0 Å². The van der Waals surface area contributed by atoms with Crippen molar-refractivity contribution in [3.05, 3.63) is 33.4 Å². The van der Waals surface area contributed by atoms with E-state index in [0.29, 0.717) is 36.0 Å². The summed E-state index contributed by atoms with van der Waals surface area (Å²) < 4.78 is 0. The Labute approximate surface area is 122 Å². The molecule has 1 aromatic rings. The minimum atomic E-state index is -1.53. The van der Waals surface area contributed by atoms with E-state index in [2.05, 4.69) is 0 Å². The first-order valence-electron chi connectivity index (χ1n) is 6.72. The zero-order valence-electron chi connectivity index (χ0n) is 12.2. The Hall–Kier alpha value is -2.37. The van der Waals surface area contributed by atoms with Gasteiger partial charge in [-0.25, -0.2) is 14.4 Å². The molecular formula is C15H18O6. The first kappa shape index (κ1) is 16.7. The fraction of sp³-hybridized carbons (Fsp3) is 0.400. The molecule has 1 rings (SSSR count). The maximum absolute atomic E-state index is 11.5. The molecule has 6 heteroatoms. The SMILES string of the molecule is CCc1c(CC)c(C(=O)O)c(C(=O)O)c(C(=O)O)c1CC. The Morgan fingerprint density at radius 1 is 0.619 bits per heavy atom. The molecule has 0 bridgehead atoms. The highest BCUT2D eigenvalue weighted by atomic mass is 16.4. The lowest BCUT2D eigenvalue weighted by molar-refractivity contribution is 0.0631. The second kappa shape index (κ2) is 6.39. The van der Waals surface area contributed by atoms with Crippen molar-refractivity contribution in [1.29, 1.82) is 0 Å². The molecule has 0 amide bonds. The Morgan fingerprint density at radius 3 is 1.10 bits per heavy atom. The van der Waals surface area contributed by atoms with Crippen molar-refractivity contribution in [1.82, 2.24) is 0 Å². The van der Waals surface area contributed by atoms with Gasteiger partial charge in [0.25, 0.3) is 0 Å². The van der Waals surface area contributed by atoms with Gasteiger partial charge in [-0.2, -0.15) is 0 Å². The minimum Gasteiger partial charge on any atom is -0.478 e. The van der Waals surface area contributed by atoms with Crippen LogP contribution in [0.2, 0.25) is 0 Å². The summed E-state index contributed by atoms with van der Waals surface area (Å²) in [6.45, 7) is 5.25. The molecule has 6 nitrogen and oxygen atoms in total. The Kier molecular flexibility index (Phi) is 5.07. The lowest BCUT2D eigenvalue weighted by Crippen LogP contribution is -2.22. The Balaban J connectivity index is 4.12. The molecule has 0 aliphatic carbocycles. The number of carbonyl (C=O) groups is 3. The molecule has 0 saturated carbocycles. The second-order valence-electron chi connectivity index (χ2n) is 4.54. The largest absolute Gasteiger partial charge is 0.478 e. The van der Waals surface area contributed by atoms with E-state index in [4.69, 9.17) is 0 Å². The van der Waals surface area contributed by atoms with Gasteiger partial charge in [-0.1, -0.05) is 20.8 Å². The van der Waals surface area contributed by atoms with Crippen LogP contribution in [0.15, 0.2) is 0 Å². The third-order valence-electron chi connectivity index (χ3n) is 3.53. The highest BCUT2D eigenvalue weighted by molar-refractivity contribution is 6.11. The molecule has 0 saturated heterocycles. The molecule has 0 fully saturated rings. The van der Waals surface area contributed by atoms with Gasteiger partial charge in [0.2, 0.25) is 0 Å². The van der Waals surface area contributed by atoms with E-state index in [9.17, 15) is 29.7 Å². The van der Waals surface area contributed by atoms with Gasteiger partial charge < -0.3 is 15.3 Å². The molecule has 0 aliphatic heterocycles. The predicted octanol–water partition coefficient (Wildman–Crippen LogP) is 2.47. The van der Waals surface area contributed by atoms with Crippen LogP contribution in [0.4, 0.5) is 0 Å². The van der Waals surface area contributed by atoms with Crippen molar-refractivity contribution < 1.29 is 29.7 Å². The summed E-state index contributed by atoms with van der Waals surface area (Å²) in [6, 6.07) is 0. The highest BCUT2D eigenvalue weighted by Crippen LogP contribution is 2.30. The number of rotatable bonds is 6. The molecule has 1 aromatic carbocycles. The summed E-state index contributed by atoms with van der Waals surface area (Å²) >= 11 is 0. The van der Waals surface area contributed by atoms with Crippen molar-refractivity contribution in [2.24, 2.45) is 0 Å². The fourth-order valence-corrected chi connectivity index (χ4v) is 2.80. The summed E-state index contributed by atoms with van der Waals surface area (Å²) in [6.07, 6.45) is 1.11. The van der Waals surface area contributed by atoms with E-state index >= 15 is 0 Å². The first-order chi connectivity index (χ1) is 9.81. The predicted molar refractivity (Wildman–Crippen MR) is 75.5 cm³/mol. The quantitative estimate of drug-likeness (QED) is 0.743. The first-order valence-corrected chi connectivity index (χ1v) is 6.72. The monoisotopic (exact) mass is 294 g/mol. The van der Waals surface area contributed by atoms with Crippen LogP contribution in [0, 0.1) is 0 Å². The molecule has 0 radical (unpaired) electrons. The van der Waals surface area contributed by atoms with Crippen molar-refractivity contribution in [2.75, 3.05) is 0 Å². The maximum Gasteiger partial charge on any atom is 0.337 e. The van der Waals surface area contributed by atoms with E-state index in [1.807, 2.05) is 0 Å². The Bertz CT molecular complexity index is 572. The Morgan fingerprint density at radius 2 is 0.905 bits per heavy atom. The zero-order chi connectivity index (χ0) is 16.3. The second-order valence-corrected chi connectivity index (χ2v) is 4.54. The van der Waals surface area contributed by atoms with Crippen LogP contribution < -0.4 is 0 Å². The third kappa shape index (κ3) is 2.74. The van der Waals surface area contributed by atoms with Gasteiger partial charge >= 0.3 is 17.9 Å². The molecular weight excluding hydrogens is 276 g/mol.